The second-order valence-corrected chi connectivity index (χ2v) is 22.6. The van der Waals surface area contributed by atoms with Crippen molar-refractivity contribution in [3.8, 4) is 11.1 Å². The predicted molar refractivity (Wildman–Crippen MR) is 219 cm³/mol. The Hall–Kier alpha value is -2.12. The van der Waals surface area contributed by atoms with Crippen molar-refractivity contribution in [2.24, 2.45) is 5.92 Å². The topological polar surface area (TPSA) is 0 Å². The summed E-state index contributed by atoms with van der Waals surface area (Å²) in [6, 6.07) is 15.4. The lowest BCUT2D eigenvalue weighted by Crippen LogP contribution is -2.45. The molecule has 0 bridgehead atoms. The molecule has 0 fully saturated rings. The number of hydrogen-bond donors (Lipinski definition) is 0. The van der Waals surface area contributed by atoms with Crippen LogP contribution in [0.4, 0.5) is 0 Å². The van der Waals surface area contributed by atoms with Crippen LogP contribution in [-0.2, 0) is 10.8 Å². The van der Waals surface area contributed by atoms with Gasteiger partial charge in [-0.2, -0.15) is 0 Å². The molecule has 2 aliphatic carbocycles. The molecule has 2 aromatic rings. The monoisotopic (exact) mass is 665 g/mol. The third kappa shape index (κ3) is 7.62. The zero-order valence-electron chi connectivity index (χ0n) is 33.8. The number of unbranched alkanes of at least 4 members (excludes halogenated alkanes) is 6. The molecule has 0 aromatic heterocycles. The highest BCUT2D eigenvalue weighted by atomic mass is 28.3. The molecular weight excluding hydrogens is 593 g/mol. The largest absolute Gasteiger partial charge is 0.0939 e. The van der Waals surface area contributed by atoms with E-state index in [1.165, 1.54) is 91.3 Å². The van der Waals surface area contributed by atoms with E-state index in [1.54, 1.807) is 27.8 Å². The number of benzene rings is 2. The van der Waals surface area contributed by atoms with Gasteiger partial charge < -0.3 is 0 Å². The van der Waals surface area contributed by atoms with Crippen LogP contribution in [-0.4, -0.2) is 8.07 Å². The van der Waals surface area contributed by atoms with E-state index in [9.17, 15) is 0 Å². The molecule has 0 heterocycles. The van der Waals surface area contributed by atoms with Crippen molar-refractivity contribution in [1.82, 2.24) is 0 Å². The first kappa shape index (κ1) is 38.7. The molecule has 4 rings (SSSR count). The molecule has 0 saturated heterocycles. The smallest absolute Gasteiger partial charge is 0.0787 e. The van der Waals surface area contributed by atoms with Crippen LogP contribution < -0.4 is 0 Å². The van der Waals surface area contributed by atoms with E-state index in [0.717, 1.165) is 0 Å². The SMILES string of the molecule is CCCCCC[Si](CCCCCC)(C1=C(C)C(C)=C(C)C1C)C1C=Cc2c(-c3cc(C(C)(C)C)cc(C(C)(C)C)c3C(C)C)cccc21. The van der Waals surface area contributed by atoms with Crippen LogP contribution in [0.3, 0.4) is 0 Å². The lowest BCUT2D eigenvalue weighted by atomic mass is 9.73. The lowest BCUT2D eigenvalue weighted by molar-refractivity contribution is 0.560. The van der Waals surface area contributed by atoms with Crippen molar-refractivity contribution >= 4 is 14.1 Å². The summed E-state index contributed by atoms with van der Waals surface area (Å²) in [5.74, 6) is 1.04. The van der Waals surface area contributed by atoms with Gasteiger partial charge in [-0.15, -0.1) is 0 Å². The number of fused-ring (bicyclic) bond motifs is 1. The molecule has 2 aliphatic rings. The molecular formula is C47H72Si. The molecule has 0 saturated carbocycles. The molecule has 0 amide bonds. The maximum atomic E-state index is 2.73. The molecule has 48 heavy (non-hydrogen) atoms. The molecule has 1 heteroatoms. The third-order valence-electron chi connectivity index (χ3n) is 12.4. The van der Waals surface area contributed by atoms with Gasteiger partial charge in [-0.25, -0.2) is 0 Å². The van der Waals surface area contributed by atoms with Gasteiger partial charge >= 0.3 is 0 Å². The van der Waals surface area contributed by atoms with Gasteiger partial charge in [-0.1, -0.05) is 198 Å². The Morgan fingerprint density at radius 1 is 0.729 bits per heavy atom. The Kier molecular flexibility index (Phi) is 12.4. The Bertz CT molecular complexity index is 1510. The van der Waals surface area contributed by atoms with Gasteiger partial charge in [0.05, 0.1) is 8.07 Å². The van der Waals surface area contributed by atoms with Crippen LogP contribution in [0.5, 0.6) is 0 Å². The molecule has 0 radical (unpaired) electrons. The van der Waals surface area contributed by atoms with E-state index in [-0.39, 0.29) is 10.8 Å². The van der Waals surface area contributed by atoms with Crippen molar-refractivity contribution in [2.45, 2.75) is 183 Å². The number of rotatable bonds is 14. The van der Waals surface area contributed by atoms with E-state index >= 15 is 0 Å². The first-order valence-corrected chi connectivity index (χ1v) is 22.4. The van der Waals surface area contributed by atoms with Gasteiger partial charge in [0.15, 0.2) is 0 Å². The van der Waals surface area contributed by atoms with E-state index < -0.39 is 8.07 Å². The highest BCUT2D eigenvalue weighted by Gasteiger charge is 2.49. The molecule has 2 atom stereocenters. The van der Waals surface area contributed by atoms with Crippen molar-refractivity contribution < 1.29 is 0 Å². The van der Waals surface area contributed by atoms with Crippen LogP contribution in [0.2, 0.25) is 12.1 Å². The summed E-state index contributed by atoms with van der Waals surface area (Å²) in [6.07, 6.45) is 16.2. The minimum absolute atomic E-state index is 0.0797. The number of hydrogen-bond acceptors (Lipinski definition) is 0. The standard InChI is InChI=1S/C47H72Si/c1-15-17-19-21-28-48(29-22-20-18-16-2,45-35(7)33(5)34(6)36(45)8)43-27-26-39-38(24-23-25-40(39)43)41-30-37(46(9,10)11)31-42(47(12,13)14)44(41)32(3)4/h23-27,30-32,35,43H,15-22,28-29H2,1-14H3. The van der Waals surface area contributed by atoms with E-state index in [1.807, 2.05) is 5.20 Å². The summed E-state index contributed by atoms with van der Waals surface area (Å²) in [5, 5.41) is 1.91. The second-order valence-electron chi connectivity index (χ2n) is 18.1. The van der Waals surface area contributed by atoms with E-state index in [0.29, 0.717) is 17.4 Å². The highest BCUT2D eigenvalue weighted by molar-refractivity contribution is 6.88. The van der Waals surface area contributed by atoms with Crippen molar-refractivity contribution in [3.05, 3.63) is 86.1 Å². The van der Waals surface area contributed by atoms with Gasteiger partial charge in [0.1, 0.15) is 0 Å². The highest BCUT2D eigenvalue weighted by Crippen LogP contribution is 2.54. The molecule has 2 aromatic carbocycles. The van der Waals surface area contributed by atoms with Crippen LogP contribution in [0.25, 0.3) is 17.2 Å². The van der Waals surface area contributed by atoms with Crippen LogP contribution in [0, 0.1) is 5.92 Å². The minimum atomic E-state index is -1.98. The van der Waals surface area contributed by atoms with Crippen LogP contribution in [0.15, 0.2) is 58.3 Å². The fraction of sp³-hybridized carbons (Fsp3) is 0.617. The Morgan fingerprint density at radius 3 is 1.81 bits per heavy atom. The number of allylic oxidation sites excluding steroid dienone is 5. The fourth-order valence-electron chi connectivity index (χ4n) is 9.38. The van der Waals surface area contributed by atoms with E-state index in [4.69, 9.17) is 0 Å². The van der Waals surface area contributed by atoms with Gasteiger partial charge in [0, 0.05) is 5.54 Å². The molecule has 2 unspecified atom stereocenters. The third-order valence-corrected chi connectivity index (χ3v) is 18.4. The zero-order chi connectivity index (χ0) is 35.6. The quantitative estimate of drug-likeness (QED) is 0.139. The predicted octanol–water partition coefficient (Wildman–Crippen LogP) is 15.2. The molecule has 264 valence electrons. The Labute approximate surface area is 299 Å². The van der Waals surface area contributed by atoms with Gasteiger partial charge in [0.2, 0.25) is 0 Å². The average Bonchev–Trinajstić information content (AvgIpc) is 3.54. The summed E-state index contributed by atoms with van der Waals surface area (Å²) in [6.45, 7) is 33.8. The molecule has 0 aliphatic heterocycles. The maximum Gasteiger partial charge on any atom is 0.0939 e. The molecule has 0 N–H and O–H groups in total. The Morgan fingerprint density at radius 2 is 1.33 bits per heavy atom. The van der Waals surface area contributed by atoms with Crippen LogP contribution >= 0.6 is 0 Å². The summed E-state index contributed by atoms with van der Waals surface area (Å²) in [7, 11) is -1.98. The average molecular weight is 665 g/mol. The minimum Gasteiger partial charge on any atom is -0.0787 e. The first-order chi connectivity index (χ1) is 22.5. The van der Waals surface area contributed by atoms with Gasteiger partial charge in [-0.3, -0.25) is 0 Å². The second kappa shape index (κ2) is 15.4. The Balaban J connectivity index is 1.99. The van der Waals surface area contributed by atoms with Crippen molar-refractivity contribution in [3.63, 3.8) is 0 Å². The normalized spacial score (nSPS) is 18.6. The van der Waals surface area contributed by atoms with Gasteiger partial charge in [0.25, 0.3) is 0 Å². The molecule has 0 nitrogen and oxygen atoms in total. The fourth-order valence-corrected chi connectivity index (χ4v) is 16.2. The zero-order valence-corrected chi connectivity index (χ0v) is 34.8. The summed E-state index contributed by atoms with van der Waals surface area (Å²) < 4.78 is 0. The summed E-state index contributed by atoms with van der Waals surface area (Å²) in [4.78, 5) is 0. The van der Waals surface area contributed by atoms with Crippen molar-refractivity contribution in [2.75, 3.05) is 0 Å². The van der Waals surface area contributed by atoms with E-state index in [2.05, 4.69) is 139 Å². The van der Waals surface area contributed by atoms with Crippen molar-refractivity contribution in [1.29, 1.82) is 0 Å². The van der Waals surface area contributed by atoms with Crippen LogP contribution in [0.1, 0.15) is 188 Å². The summed E-state index contributed by atoms with van der Waals surface area (Å²) >= 11 is 0. The van der Waals surface area contributed by atoms with Gasteiger partial charge in [-0.05, 0) is 88.0 Å². The summed E-state index contributed by atoms with van der Waals surface area (Å²) in [5.41, 5.74) is 16.2. The molecule has 0 spiro atoms. The maximum absolute atomic E-state index is 2.73. The lowest BCUT2D eigenvalue weighted by Gasteiger charge is -2.42. The first-order valence-electron chi connectivity index (χ1n) is 19.9.